The minimum Gasteiger partial charge on any atom is -0.123 e. The molecule has 0 aromatic heterocycles. The lowest BCUT2D eigenvalue weighted by molar-refractivity contribution is 0.182. The third-order valence-corrected chi connectivity index (χ3v) is 3.23. The molecule has 2 atom stereocenters. The summed E-state index contributed by atoms with van der Waals surface area (Å²) in [5, 5.41) is 0.452. The van der Waals surface area contributed by atoms with E-state index in [0.29, 0.717) is 10.8 Å². The Morgan fingerprint density at radius 2 is 1.82 bits per heavy atom. The molecule has 1 heteroatoms. The third-order valence-electron chi connectivity index (χ3n) is 2.83. The predicted octanol–water partition coefficient (Wildman–Crippen LogP) is 3.83. The highest BCUT2D eigenvalue weighted by atomic mass is 35.5. The molecule has 0 aromatic rings. The van der Waals surface area contributed by atoms with Crippen molar-refractivity contribution in [2.45, 2.75) is 51.8 Å². The Bertz CT molecular complexity index is 123. The van der Waals surface area contributed by atoms with E-state index in [1.807, 2.05) is 0 Å². The van der Waals surface area contributed by atoms with Gasteiger partial charge in [0, 0.05) is 5.38 Å². The average molecular weight is 175 g/mol. The fraction of sp³-hybridized carbons (Fsp3) is 1.00. The van der Waals surface area contributed by atoms with E-state index in [9.17, 15) is 0 Å². The first-order valence-corrected chi connectivity index (χ1v) is 5.08. The van der Waals surface area contributed by atoms with Gasteiger partial charge in [-0.15, -0.1) is 11.6 Å². The maximum absolute atomic E-state index is 6.12. The smallest absolute Gasteiger partial charge is 0.0338 e. The largest absolute Gasteiger partial charge is 0.123 e. The Labute approximate surface area is 75.3 Å². The van der Waals surface area contributed by atoms with Crippen LogP contribution < -0.4 is 0 Å². The molecule has 0 bridgehead atoms. The van der Waals surface area contributed by atoms with Gasteiger partial charge >= 0.3 is 0 Å². The van der Waals surface area contributed by atoms with E-state index in [-0.39, 0.29) is 0 Å². The molecular formula is C10H19Cl. The quantitative estimate of drug-likeness (QED) is 0.490. The summed E-state index contributed by atoms with van der Waals surface area (Å²) in [6.45, 7) is 6.98. The maximum atomic E-state index is 6.12. The molecule has 0 N–H and O–H groups in total. The van der Waals surface area contributed by atoms with Crippen molar-refractivity contribution in [2.24, 2.45) is 11.3 Å². The van der Waals surface area contributed by atoms with Crippen LogP contribution in [0.1, 0.15) is 46.5 Å². The normalized spacial score (nSPS) is 33.8. The Balaban J connectivity index is 2.46. The average Bonchev–Trinajstić information content (AvgIpc) is 1.86. The first-order chi connectivity index (χ1) is 5.00. The van der Waals surface area contributed by atoms with Crippen molar-refractivity contribution in [2.75, 3.05) is 0 Å². The Hall–Kier alpha value is 0.290. The number of hydrogen-bond donors (Lipinski definition) is 0. The van der Waals surface area contributed by atoms with Gasteiger partial charge in [-0.2, -0.15) is 0 Å². The van der Waals surface area contributed by atoms with Crippen molar-refractivity contribution < 1.29 is 0 Å². The van der Waals surface area contributed by atoms with Crippen molar-refractivity contribution in [3.05, 3.63) is 0 Å². The lowest BCUT2D eigenvalue weighted by atomic mass is 9.72. The molecule has 66 valence electrons. The highest BCUT2D eigenvalue weighted by Gasteiger charge is 2.29. The number of halogens is 1. The maximum Gasteiger partial charge on any atom is 0.0338 e. The summed E-state index contributed by atoms with van der Waals surface area (Å²) in [6.07, 6.45) is 5.17. The van der Waals surface area contributed by atoms with Crippen LogP contribution in [0.25, 0.3) is 0 Å². The second kappa shape index (κ2) is 3.35. The van der Waals surface area contributed by atoms with Crippen molar-refractivity contribution >= 4 is 11.6 Å². The molecule has 11 heavy (non-hydrogen) atoms. The van der Waals surface area contributed by atoms with Gasteiger partial charge in [0.25, 0.3) is 0 Å². The molecule has 0 aliphatic heterocycles. The lowest BCUT2D eigenvalue weighted by Crippen LogP contribution is -2.27. The van der Waals surface area contributed by atoms with Crippen LogP contribution in [0, 0.1) is 11.3 Å². The highest BCUT2D eigenvalue weighted by molar-refractivity contribution is 6.20. The van der Waals surface area contributed by atoms with E-state index in [1.165, 1.54) is 25.7 Å². The molecular weight excluding hydrogens is 156 g/mol. The monoisotopic (exact) mass is 174 g/mol. The van der Waals surface area contributed by atoms with E-state index in [2.05, 4.69) is 20.8 Å². The van der Waals surface area contributed by atoms with E-state index in [0.717, 1.165) is 5.92 Å². The van der Waals surface area contributed by atoms with Crippen molar-refractivity contribution in [3.8, 4) is 0 Å². The molecule has 0 spiro atoms. The van der Waals surface area contributed by atoms with Gasteiger partial charge < -0.3 is 0 Å². The van der Waals surface area contributed by atoms with Crippen LogP contribution in [0.15, 0.2) is 0 Å². The van der Waals surface area contributed by atoms with Gasteiger partial charge in [0.15, 0.2) is 0 Å². The highest BCUT2D eigenvalue weighted by Crippen LogP contribution is 2.39. The number of alkyl halides is 1. The molecule has 1 fully saturated rings. The van der Waals surface area contributed by atoms with Crippen LogP contribution in [0.3, 0.4) is 0 Å². The fourth-order valence-corrected chi connectivity index (χ4v) is 2.29. The van der Waals surface area contributed by atoms with Crippen LogP contribution in [0.2, 0.25) is 0 Å². The molecule has 1 aliphatic rings. The first kappa shape index (κ1) is 9.38. The molecule has 0 amide bonds. The van der Waals surface area contributed by atoms with Gasteiger partial charge in [0.05, 0.1) is 0 Å². The molecule has 0 aromatic carbocycles. The summed E-state index contributed by atoms with van der Waals surface area (Å²) >= 11 is 6.12. The zero-order valence-corrected chi connectivity index (χ0v) is 8.62. The van der Waals surface area contributed by atoms with Crippen LogP contribution >= 0.6 is 11.6 Å². The Morgan fingerprint density at radius 3 is 2.18 bits per heavy atom. The molecule has 1 saturated carbocycles. The van der Waals surface area contributed by atoms with Gasteiger partial charge in [0.2, 0.25) is 0 Å². The summed E-state index contributed by atoms with van der Waals surface area (Å²) in [6, 6.07) is 0. The van der Waals surface area contributed by atoms with Gasteiger partial charge in [-0.25, -0.2) is 0 Å². The molecule has 0 unspecified atom stereocenters. The van der Waals surface area contributed by atoms with E-state index in [4.69, 9.17) is 11.6 Å². The van der Waals surface area contributed by atoms with Crippen molar-refractivity contribution in [1.29, 1.82) is 0 Å². The lowest BCUT2D eigenvalue weighted by Gasteiger charge is -2.35. The van der Waals surface area contributed by atoms with E-state index < -0.39 is 0 Å². The fourth-order valence-electron chi connectivity index (χ4n) is 1.92. The minimum atomic E-state index is 0.452. The molecule has 0 saturated heterocycles. The van der Waals surface area contributed by atoms with Gasteiger partial charge in [-0.1, -0.05) is 27.2 Å². The standard InChI is InChI=1S/C10H19Cl/c1-10(2,3)8-5-4-6-9(11)7-8/h8-9H,4-7H2,1-3H3/t8-,9-/m1/s1. The van der Waals surface area contributed by atoms with Crippen LogP contribution in [0.5, 0.6) is 0 Å². The number of hydrogen-bond acceptors (Lipinski definition) is 0. The topological polar surface area (TPSA) is 0 Å². The molecule has 1 rings (SSSR count). The van der Waals surface area contributed by atoms with E-state index in [1.54, 1.807) is 0 Å². The van der Waals surface area contributed by atoms with Gasteiger partial charge in [-0.05, 0) is 30.6 Å². The molecule has 0 radical (unpaired) electrons. The second-order valence-corrected chi connectivity index (χ2v) is 5.44. The summed E-state index contributed by atoms with van der Waals surface area (Å²) in [7, 11) is 0. The Morgan fingerprint density at radius 1 is 1.18 bits per heavy atom. The summed E-state index contributed by atoms with van der Waals surface area (Å²) in [5.41, 5.74) is 0.466. The van der Waals surface area contributed by atoms with Crippen molar-refractivity contribution in [1.82, 2.24) is 0 Å². The first-order valence-electron chi connectivity index (χ1n) is 4.64. The van der Waals surface area contributed by atoms with Crippen LogP contribution in [-0.4, -0.2) is 5.38 Å². The summed E-state index contributed by atoms with van der Waals surface area (Å²) < 4.78 is 0. The summed E-state index contributed by atoms with van der Waals surface area (Å²) in [5.74, 6) is 0.846. The van der Waals surface area contributed by atoms with Crippen molar-refractivity contribution in [3.63, 3.8) is 0 Å². The molecule has 1 aliphatic carbocycles. The van der Waals surface area contributed by atoms with Crippen LogP contribution in [-0.2, 0) is 0 Å². The third kappa shape index (κ3) is 2.66. The second-order valence-electron chi connectivity index (χ2n) is 4.83. The van der Waals surface area contributed by atoms with Crippen LogP contribution in [0.4, 0.5) is 0 Å². The SMILES string of the molecule is CC(C)(C)[C@@H]1CCC[C@@H](Cl)C1. The minimum absolute atomic E-state index is 0.452. The van der Waals surface area contributed by atoms with Gasteiger partial charge in [-0.3, -0.25) is 0 Å². The molecule has 0 nitrogen and oxygen atoms in total. The summed E-state index contributed by atoms with van der Waals surface area (Å²) in [4.78, 5) is 0. The zero-order valence-electron chi connectivity index (χ0n) is 7.86. The molecule has 0 heterocycles. The van der Waals surface area contributed by atoms with E-state index >= 15 is 0 Å². The predicted molar refractivity (Wildman–Crippen MR) is 51.1 cm³/mol. The number of rotatable bonds is 0. The van der Waals surface area contributed by atoms with Gasteiger partial charge in [0.1, 0.15) is 0 Å². The zero-order chi connectivity index (χ0) is 8.48. The Kier molecular flexibility index (Phi) is 2.85.